The molecule has 112 valence electrons. The molecule has 2 N–H and O–H groups in total. The summed E-state index contributed by atoms with van der Waals surface area (Å²) >= 11 is 8.79. The van der Waals surface area contributed by atoms with Crippen molar-refractivity contribution >= 4 is 43.2 Å². The molecular weight excluding hydrogens is 416 g/mol. The summed E-state index contributed by atoms with van der Waals surface area (Å²) in [6.07, 6.45) is 0. The van der Waals surface area contributed by atoms with Crippen LogP contribution in [0.5, 0.6) is 5.75 Å². The fraction of sp³-hybridized carbons (Fsp3) is 0.333. The Morgan fingerprint density at radius 2 is 1.86 bits per heavy atom. The normalized spacial score (nSPS) is 17.8. The highest BCUT2D eigenvalue weighted by molar-refractivity contribution is 9.11. The van der Waals surface area contributed by atoms with E-state index in [0.717, 1.165) is 40.7 Å². The number of benzene rings is 1. The third-order valence-electron chi connectivity index (χ3n) is 3.72. The number of hydrogen-bond donors (Lipinski definition) is 2. The van der Waals surface area contributed by atoms with Crippen molar-refractivity contribution in [3.8, 4) is 5.75 Å². The van der Waals surface area contributed by atoms with Crippen molar-refractivity contribution in [3.63, 3.8) is 0 Å². The maximum atomic E-state index is 10.6. The molecule has 21 heavy (non-hydrogen) atoms. The van der Waals surface area contributed by atoms with Gasteiger partial charge in [-0.05, 0) is 39.5 Å². The van der Waals surface area contributed by atoms with Gasteiger partial charge in [0.25, 0.3) is 0 Å². The molecule has 0 radical (unpaired) electrons. The summed E-state index contributed by atoms with van der Waals surface area (Å²) in [6.45, 7) is 3.91. The first-order valence-corrected chi connectivity index (χ1v) is 9.30. The lowest BCUT2D eigenvalue weighted by Gasteiger charge is -2.35. The van der Waals surface area contributed by atoms with Crippen LogP contribution in [0.1, 0.15) is 16.5 Å². The van der Waals surface area contributed by atoms with Crippen molar-refractivity contribution in [2.45, 2.75) is 6.04 Å². The van der Waals surface area contributed by atoms with Crippen LogP contribution in [-0.4, -0.2) is 36.2 Å². The van der Waals surface area contributed by atoms with Gasteiger partial charge in [-0.15, -0.1) is 11.3 Å². The zero-order chi connectivity index (χ0) is 14.8. The number of phenols is 1. The molecule has 6 heteroatoms. The molecule has 1 aromatic heterocycles. The number of halogens is 2. The Labute approximate surface area is 145 Å². The Morgan fingerprint density at radius 1 is 1.14 bits per heavy atom. The van der Waals surface area contributed by atoms with Crippen LogP contribution in [0.3, 0.4) is 0 Å². The fourth-order valence-electron chi connectivity index (χ4n) is 2.71. The first kappa shape index (κ1) is 15.5. The molecule has 1 aliphatic heterocycles. The summed E-state index contributed by atoms with van der Waals surface area (Å²) in [5, 5.41) is 16.0. The van der Waals surface area contributed by atoms with Gasteiger partial charge in [0.05, 0.1) is 10.5 Å². The minimum Gasteiger partial charge on any atom is -0.506 e. The SMILES string of the molecule is Oc1c(Br)ccc(Br)c1[C@H](c1cccs1)N1CCNCC1. The van der Waals surface area contributed by atoms with E-state index in [2.05, 4.69) is 59.6 Å². The number of hydrogen-bond acceptors (Lipinski definition) is 4. The largest absolute Gasteiger partial charge is 0.506 e. The van der Waals surface area contributed by atoms with E-state index in [1.807, 2.05) is 12.1 Å². The molecule has 1 atom stereocenters. The van der Waals surface area contributed by atoms with Gasteiger partial charge in [-0.3, -0.25) is 4.90 Å². The van der Waals surface area contributed by atoms with Crippen LogP contribution in [0.2, 0.25) is 0 Å². The van der Waals surface area contributed by atoms with E-state index in [9.17, 15) is 5.11 Å². The Balaban J connectivity index is 2.09. The first-order chi connectivity index (χ1) is 10.2. The van der Waals surface area contributed by atoms with Crippen LogP contribution >= 0.6 is 43.2 Å². The predicted octanol–water partition coefficient (Wildman–Crippen LogP) is 3.97. The molecule has 0 saturated carbocycles. The van der Waals surface area contributed by atoms with Crippen LogP contribution in [0.4, 0.5) is 0 Å². The van der Waals surface area contributed by atoms with Gasteiger partial charge in [0, 0.05) is 41.1 Å². The van der Waals surface area contributed by atoms with Crippen LogP contribution < -0.4 is 5.32 Å². The van der Waals surface area contributed by atoms with Gasteiger partial charge < -0.3 is 10.4 Å². The lowest BCUT2D eigenvalue weighted by atomic mass is 10.0. The number of thiophene rings is 1. The molecule has 1 fully saturated rings. The zero-order valence-electron chi connectivity index (χ0n) is 11.4. The van der Waals surface area contributed by atoms with Gasteiger partial charge >= 0.3 is 0 Å². The smallest absolute Gasteiger partial charge is 0.136 e. The lowest BCUT2D eigenvalue weighted by molar-refractivity contribution is 0.197. The number of piperazine rings is 1. The van der Waals surface area contributed by atoms with Crippen molar-refractivity contribution < 1.29 is 5.11 Å². The van der Waals surface area contributed by atoms with Gasteiger partial charge in [0.15, 0.2) is 0 Å². The van der Waals surface area contributed by atoms with Crippen LogP contribution in [0.15, 0.2) is 38.6 Å². The lowest BCUT2D eigenvalue weighted by Crippen LogP contribution is -2.45. The van der Waals surface area contributed by atoms with Gasteiger partial charge in [-0.25, -0.2) is 0 Å². The molecule has 3 nitrogen and oxygen atoms in total. The first-order valence-electron chi connectivity index (χ1n) is 6.83. The second-order valence-electron chi connectivity index (χ2n) is 5.00. The molecule has 1 saturated heterocycles. The molecule has 0 unspecified atom stereocenters. The maximum absolute atomic E-state index is 10.6. The highest BCUT2D eigenvalue weighted by Crippen LogP contribution is 2.43. The molecule has 1 aromatic carbocycles. The van der Waals surface area contributed by atoms with Crippen LogP contribution in [0.25, 0.3) is 0 Å². The van der Waals surface area contributed by atoms with Crippen LogP contribution in [-0.2, 0) is 0 Å². The topological polar surface area (TPSA) is 35.5 Å². The molecule has 0 bridgehead atoms. The van der Waals surface area contributed by atoms with Gasteiger partial charge in [0.1, 0.15) is 5.75 Å². The van der Waals surface area contributed by atoms with E-state index in [-0.39, 0.29) is 6.04 Å². The molecule has 0 spiro atoms. The number of rotatable bonds is 3. The number of nitrogens with zero attached hydrogens (tertiary/aromatic N) is 1. The summed E-state index contributed by atoms with van der Waals surface area (Å²) in [5.74, 6) is 0.321. The van der Waals surface area contributed by atoms with E-state index < -0.39 is 0 Å². The Hall–Kier alpha value is -0.400. The molecule has 0 amide bonds. The highest BCUT2D eigenvalue weighted by Gasteiger charge is 2.29. The Bertz CT molecular complexity index is 612. The quantitative estimate of drug-likeness (QED) is 0.771. The maximum Gasteiger partial charge on any atom is 0.136 e. The third-order valence-corrected chi connectivity index (χ3v) is 5.97. The molecule has 2 heterocycles. The molecular formula is C15H16Br2N2OS. The molecule has 1 aliphatic rings. The number of phenolic OH excluding ortho intramolecular Hbond substituents is 1. The number of nitrogens with one attached hydrogen (secondary N) is 1. The number of aromatic hydroxyl groups is 1. The second-order valence-corrected chi connectivity index (χ2v) is 7.68. The second kappa shape index (κ2) is 6.79. The van der Waals surface area contributed by atoms with Crippen molar-refractivity contribution in [2.24, 2.45) is 0 Å². The van der Waals surface area contributed by atoms with E-state index in [4.69, 9.17) is 0 Å². The van der Waals surface area contributed by atoms with E-state index in [1.165, 1.54) is 4.88 Å². The highest BCUT2D eigenvalue weighted by atomic mass is 79.9. The summed E-state index contributed by atoms with van der Waals surface area (Å²) in [5.41, 5.74) is 0.939. The van der Waals surface area contributed by atoms with Crippen molar-refractivity contribution in [1.29, 1.82) is 0 Å². The summed E-state index contributed by atoms with van der Waals surface area (Å²) in [4.78, 5) is 3.68. The van der Waals surface area contributed by atoms with E-state index >= 15 is 0 Å². The zero-order valence-corrected chi connectivity index (χ0v) is 15.3. The monoisotopic (exact) mass is 430 g/mol. The van der Waals surface area contributed by atoms with Crippen molar-refractivity contribution in [1.82, 2.24) is 10.2 Å². The summed E-state index contributed by atoms with van der Waals surface area (Å²) in [7, 11) is 0. The van der Waals surface area contributed by atoms with E-state index in [1.54, 1.807) is 11.3 Å². The summed E-state index contributed by atoms with van der Waals surface area (Å²) in [6, 6.07) is 8.15. The molecule has 2 aromatic rings. The minimum absolute atomic E-state index is 0.0824. The Kier molecular flexibility index (Phi) is 5.01. The standard InChI is InChI=1S/C15H16Br2N2OS/c16-10-3-4-11(17)15(20)13(10)14(12-2-1-9-21-12)19-7-5-18-6-8-19/h1-4,9,14,18,20H,5-8H2/t14-/m0/s1. The average molecular weight is 432 g/mol. The molecule has 0 aliphatic carbocycles. The van der Waals surface area contributed by atoms with Gasteiger partial charge in [-0.2, -0.15) is 0 Å². The third kappa shape index (κ3) is 3.19. The van der Waals surface area contributed by atoms with E-state index in [0.29, 0.717) is 5.75 Å². The molecule has 3 rings (SSSR count). The van der Waals surface area contributed by atoms with Crippen molar-refractivity contribution in [3.05, 3.63) is 49.0 Å². The summed E-state index contributed by atoms with van der Waals surface area (Å²) < 4.78 is 1.68. The fourth-order valence-corrected chi connectivity index (χ4v) is 4.46. The van der Waals surface area contributed by atoms with Crippen molar-refractivity contribution in [2.75, 3.05) is 26.2 Å². The van der Waals surface area contributed by atoms with Gasteiger partial charge in [0.2, 0.25) is 0 Å². The minimum atomic E-state index is 0.0824. The predicted molar refractivity (Wildman–Crippen MR) is 94.1 cm³/mol. The average Bonchev–Trinajstić information content (AvgIpc) is 3.02. The Morgan fingerprint density at radius 3 is 2.52 bits per heavy atom. The van der Waals surface area contributed by atoms with Gasteiger partial charge in [-0.1, -0.05) is 22.0 Å². The van der Waals surface area contributed by atoms with Crippen LogP contribution in [0, 0.1) is 0 Å².